The monoisotopic (exact) mass is 215 g/mol. The molecule has 1 aliphatic rings. The van der Waals surface area contributed by atoms with E-state index in [-0.39, 0.29) is 30.3 Å². The molecule has 86 valence electrons. The van der Waals surface area contributed by atoms with Crippen LogP contribution in [0, 0.1) is 5.92 Å². The Morgan fingerprint density at radius 3 is 2.87 bits per heavy atom. The smallest absolute Gasteiger partial charge is 0.252 e. The Labute approximate surface area is 88.7 Å². The van der Waals surface area contributed by atoms with Crippen molar-refractivity contribution in [2.45, 2.75) is 19.4 Å². The number of hydrogen-bond acceptors (Lipinski definition) is 4. The Balaban J connectivity index is 2.52. The van der Waals surface area contributed by atoms with E-state index in [0.717, 1.165) is 6.42 Å². The third kappa shape index (κ3) is 2.82. The average molecular weight is 215 g/mol. The maximum Gasteiger partial charge on any atom is 0.252 e. The molecule has 3 N–H and O–H groups in total. The number of oxime groups is 1. The molecule has 2 unspecified atom stereocenters. The SMILES string of the molecule is CC1CCOC1C(=O)N(C)CC(N)=NO. The van der Waals surface area contributed by atoms with Gasteiger partial charge in [-0.3, -0.25) is 4.79 Å². The van der Waals surface area contributed by atoms with Crippen molar-refractivity contribution in [3.63, 3.8) is 0 Å². The fourth-order valence-corrected chi connectivity index (χ4v) is 1.58. The van der Waals surface area contributed by atoms with Gasteiger partial charge < -0.3 is 20.6 Å². The first-order valence-corrected chi connectivity index (χ1v) is 4.89. The van der Waals surface area contributed by atoms with Crippen LogP contribution in [0.4, 0.5) is 0 Å². The summed E-state index contributed by atoms with van der Waals surface area (Å²) in [6.07, 6.45) is 0.509. The lowest BCUT2D eigenvalue weighted by Crippen LogP contribution is -2.42. The molecule has 1 heterocycles. The van der Waals surface area contributed by atoms with Crippen molar-refractivity contribution in [1.29, 1.82) is 0 Å². The number of hydrogen-bond donors (Lipinski definition) is 2. The number of amidine groups is 1. The summed E-state index contributed by atoms with van der Waals surface area (Å²) in [5, 5.41) is 11.2. The predicted molar refractivity (Wildman–Crippen MR) is 54.6 cm³/mol. The van der Waals surface area contributed by atoms with E-state index in [9.17, 15) is 4.79 Å². The lowest BCUT2D eigenvalue weighted by atomic mass is 10.0. The van der Waals surface area contributed by atoms with Crippen LogP contribution in [0.5, 0.6) is 0 Å². The van der Waals surface area contributed by atoms with Gasteiger partial charge in [0.1, 0.15) is 6.10 Å². The van der Waals surface area contributed by atoms with Crippen LogP contribution < -0.4 is 5.73 Å². The van der Waals surface area contributed by atoms with E-state index >= 15 is 0 Å². The van der Waals surface area contributed by atoms with Gasteiger partial charge in [-0.2, -0.15) is 0 Å². The molecule has 0 radical (unpaired) electrons. The zero-order valence-electron chi connectivity index (χ0n) is 9.01. The third-order valence-corrected chi connectivity index (χ3v) is 2.53. The number of rotatable bonds is 3. The lowest BCUT2D eigenvalue weighted by molar-refractivity contribution is -0.140. The van der Waals surface area contributed by atoms with Gasteiger partial charge in [0.2, 0.25) is 0 Å². The van der Waals surface area contributed by atoms with Crippen LogP contribution in [-0.4, -0.2) is 48.2 Å². The van der Waals surface area contributed by atoms with Crippen molar-refractivity contribution >= 4 is 11.7 Å². The normalized spacial score (nSPS) is 26.7. The molecule has 2 atom stereocenters. The highest BCUT2D eigenvalue weighted by Crippen LogP contribution is 2.21. The number of carbonyl (C=O) groups excluding carboxylic acids is 1. The molecule has 1 rings (SSSR count). The molecule has 0 bridgehead atoms. The van der Waals surface area contributed by atoms with Crippen molar-refractivity contribution in [3.05, 3.63) is 0 Å². The fourth-order valence-electron chi connectivity index (χ4n) is 1.58. The molecular formula is C9H17N3O3. The van der Waals surface area contributed by atoms with Crippen molar-refractivity contribution < 1.29 is 14.7 Å². The van der Waals surface area contributed by atoms with E-state index in [1.54, 1.807) is 7.05 Å². The molecule has 1 amide bonds. The number of likely N-dealkylation sites (N-methyl/N-ethyl adjacent to an activating group) is 1. The second-order valence-corrected chi connectivity index (χ2v) is 3.84. The van der Waals surface area contributed by atoms with Gasteiger partial charge in [-0.05, 0) is 12.3 Å². The molecule has 0 aromatic heterocycles. The summed E-state index contributed by atoms with van der Waals surface area (Å²) in [7, 11) is 1.61. The number of ether oxygens (including phenoxy) is 1. The number of amides is 1. The molecule has 0 aliphatic carbocycles. The van der Waals surface area contributed by atoms with Crippen molar-refractivity contribution in [3.8, 4) is 0 Å². The van der Waals surface area contributed by atoms with Crippen LogP contribution in [-0.2, 0) is 9.53 Å². The van der Waals surface area contributed by atoms with Gasteiger partial charge in [-0.25, -0.2) is 0 Å². The highest BCUT2D eigenvalue weighted by atomic mass is 16.5. The van der Waals surface area contributed by atoms with Crippen LogP contribution >= 0.6 is 0 Å². The summed E-state index contributed by atoms with van der Waals surface area (Å²) in [6, 6.07) is 0. The minimum Gasteiger partial charge on any atom is -0.409 e. The van der Waals surface area contributed by atoms with E-state index in [1.165, 1.54) is 4.90 Å². The van der Waals surface area contributed by atoms with Gasteiger partial charge in [0, 0.05) is 13.7 Å². The maximum absolute atomic E-state index is 11.8. The summed E-state index contributed by atoms with van der Waals surface area (Å²) >= 11 is 0. The molecule has 1 fully saturated rings. The average Bonchev–Trinajstić information content (AvgIpc) is 2.63. The summed E-state index contributed by atoms with van der Waals surface area (Å²) in [6.45, 7) is 2.71. The Hall–Kier alpha value is -1.30. The zero-order valence-corrected chi connectivity index (χ0v) is 9.01. The first-order chi connectivity index (χ1) is 7.06. The number of nitrogens with two attached hydrogens (primary N) is 1. The molecule has 0 aromatic carbocycles. The summed E-state index contributed by atoms with van der Waals surface area (Å²) in [5.41, 5.74) is 5.31. The number of carbonyl (C=O) groups is 1. The predicted octanol–water partition coefficient (Wildman–Crippen LogP) is -0.384. The molecule has 0 aromatic rings. The van der Waals surface area contributed by atoms with Crippen LogP contribution in [0.1, 0.15) is 13.3 Å². The fraction of sp³-hybridized carbons (Fsp3) is 0.778. The highest BCUT2D eigenvalue weighted by molar-refractivity contribution is 5.88. The standard InChI is InChI=1S/C9H17N3O3/c1-6-3-4-15-8(6)9(13)12(2)5-7(10)11-14/h6,8,14H,3-5H2,1-2H3,(H2,10,11). The number of nitrogens with zero attached hydrogens (tertiary/aromatic N) is 2. The minimum atomic E-state index is -0.388. The molecule has 0 saturated carbocycles. The van der Waals surface area contributed by atoms with Crippen molar-refractivity contribution in [2.75, 3.05) is 20.2 Å². The lowest BCUT2D eigenvalue weighted by Gasteiger charge is -2.22. The molecule has 0 spiro atoms. The molecular weight excluding hydrogens is 198 g/mol. The Morgan fingerprint density at radius 2 is 2.40 bits per heavy atom. The Morgan fingerprint density at radius 1 is 1.73 bits per heavy atom. The maximum atomic E-state index is 11.8. The van der Waals surface area contributed by atoms with Gasteiger partial charge in [0.05, 0.1) is 6.54 Å². The van der Waals surface area contributed by atoms with E-state index in [2.05, 4.69) is 5.16 Å². The van der Waals surface area contributed by atoms with Crippen molar-refractivity contribution in [2.24, 2.45) is 16.8 Å². The first kappa shape index (κ1) is 11.8. The van der Waals surface area contributed by atoms with E-state index in [1.807, 2.05) is 6.92 Å². The molecule has 6 heteroatoms. The van der Waals surface area contributed by atoms with Crippen LogP contribution in [0.25, 0.3) is 0 Å². The second-order valence-electron chi connectivity index (χ2n) is 3.84. The van der Waals surface area contributed by atoms with Gasteiger partial charge >= 0.3 is 0 Å². The minimum absolute atomic E-state index is 0.0106. The molecule has 1 saturated heterocycles. The molecule has 1 aliphatic heterocycles. The Kier molecular flexibility index (Phi) is 3.90. The van der Waals surface area contributed by atoms with E-state index < -0.39 is 0 Å². The Bertz CT molecular complexity index is 267. The van der Waals surface area contributed by atoms with E-state index in [4.69, 9.17) is 15.7 Å². The van der Waals surface area contributed by atoms with E-state index in [0.29, 0.717) is 6.61 Å². The van der Waals surface area contributed by atoms with Gasteiger partial charge in [-0.1, -0.05) is 12.1 Å². The third-order valence-electron chi connectivity index (χ3n) is 2.53. The van der Waals surface area contributed by atoms with Crippen LogP contribution in [0.2, 0.25) is 0 Å². The molecule has 6 nitrogen and oxygen atoms in total. The summed E-state index contributed by atoms with van der Waals surface area (Å²) in [4.78, 5) is 13.2. The quantitative estimate of drug-likeness (QED) is 0.290. The van der Waals surface area contributed by atoms with Gasteiger partial charge in [0.25, 0.3) is 5.91 Å². The second kappa shape index (κ2) is 4.97. The van der Waals surface area contributed by atoms with Crippen LogP contribution in [0.3, 0.4) is 0 Å². The zero-order chi connectivity index (χ0) is 11.4. The largest absolute Gasteiger partial charge is 0.409 e. The van der Waals surface area contributed by atoms with Gasteiger partial charge in [0.15, 0.2) is 5.84 Å². The van der Waals surface area contributed by atoms with Gasteiger partial charge in [-0.15, -0.1) is 0 Å². The van der Waals surface area contributed by atoms with Crippen molar-refractivity contribution in [1.82, 2.24) is 4.90 Å². The topological polar surface area (TPSA) is 88.2 Å². The summed E-state index contributed by atoms with van der Waals surface area (Å²) < 4.78 is 5.33. The first-order valence-electron chi connectivity index (χ1n) is 4.89. The van der Waals surface area contributed by atoms with Crippen LogP contribution in [0.15, 0.2) is 5.16 Å². The highest BCUT2D eigenvalue weighted by Gasteiger charge is 2.32. The summed E-state index contributed by atoms with van der Waals surface area (Å²) in [5.74, 6) is 0.121. The molecule has 15 heavy (non-hydrogen) atoms.